The quantitative estimate of drug-likeness (QED) is 0.460. The monoisotopic (exact) mass is 468 g/mol. The number of hydrogen-bond acceptors (Lipinski definition) is 5. The molecule has 1 atom stereocenters. The maximum Gasteiger partial charge on any atom is 0.407 e. The van der Waals surface area contributed by atoms with Gasteiger partial charge in [0.15, 0.2) is 0 Å². The number of aliphatic carboxylic acids is 1. The normalized spacial score (nSPS) is 16.3. The van der Waals surface area contributed by atoms with Crippen molar-refractivity contribution < 1.29 is 24.2 Å². The summed E-state index contributed by atoms with van der Waals surface area (Å²) in [5, 5.41) is 14.8. The van der Waals surface area contributed by atoms with Gasteiger partial charge in [-0.15, -0.1) is 0 Å². The van der Waals surface area contributed by atoms with Crippen molar-refractivity contribution in [3.63, 3.8) is 0 Å². The number of carbonyl (C=O) groups is 3. The summed E-state index contributed by atoms with van der Waals surface area (Å²) >= 11 is 1.34. The third kappa shape index (κ3) is 5.16. The fourth-order valence-corrected chi connectivity index (χ4v) is 5.00. The number of carboxylic acids is 1. The third-order valence-corrected chi connectivity index (χ3v) is 7.29. The summed E-state index contributed by atoms with van der Waals surface area (Å²) in [6.45, 7) is 2.17. The first kappa shape index (κ1) is 23.2. The summed E-state index contributed by atoms with van der Waals surface area (Å²) < 4.78 is 5.49. The molecule has 1 unspecified atom stereocenters. The average Bonchev–Trinajstić information content (AvgIpc) is 3.61. The van der Waals surface area contributed by atoms with Gasteiger partial charge in [0.25, 0.3) is 0 Å². The number of thioether (sulfide) groups is 1. The molecule has 0 saturated heterocycles. The number of benzene rings is 2. The van der Waals surface area contributed by atoms with Gasteiger partial charge >= 0.3 is 12.1 Å². The minimum Gasteiger partial charge on any atom is -0.480 e. The van der Waals surface area contributed by atoms with Crippen molar-refractivity contribution in [2.45, 2.75) is 31.2 Å². The lowest BCUT2D eigenvalue weighted by atomic mass is 9.96. The highest BCUT2D eigenvalue weighted by Gasteiger charge is 2.48. The number of carbonyl (C=O) groups excluding carboxylic acids is 2. The molecule has 33 heavy (non-hydrogen) atoms. The first-order chi connectivity index (χ1) is 15.9. The van der Waals surface area contributed by atoms with Crippen molar-refractivity contribution in [1.82, 2.24) is 10.6 Å². The van der Waals surface area contributed by atoms with Gasteiger partial charge in [-0.25, -0.2) is 9.59 Å². The van der Waals surface area contributed by atoms with Crippen LogP contribution in [0.5, 0.6) is 0 Å². The van der Waals surface area contributed by atoms with E-state index >= 15 is 0 Å². The molecule has 1 saturated carbocycles. The maximum atomic E-state index is 12.2. The SMILES string of the molecule is CC(NC(=O)CSCCNC(=O)OCC1c2ccccc2-c2ccccc21)(C(=O)O)C1CC1. The van der Waals surface area contributed by atoms with Crippen LogP contribution >= 0.6 is 11.8 Å². The molecule has 0 spiro atoms. The number of ether oxygens (including phenoxy) is 1. The predicted molar refractivity (Wildman–Crippen MR) is 127 cm³/mol. The molecule has 2 aromatic rings. The molecule has 4 rings (SSSR count). The number of fused-ring (bicyclic) bond motifs is 3. The van der Waals surface area contributed by atoms with Gasteiger partial charge in [0.05, 0.1) is 5.75 Å². The smallest absolute Gasteiger partial charge is 0.407 e. The molecule has 0 bridgehead atoms. The molecular formula is C25H28N2O5S. The van der Waals surface area contributed by atoms with E-state index in [1.165, 1.54) is 22.9 Å². The molecule has 1 fully saturated rings. The third-order valence-electron chi connectivity index (χ3n) is 6.33. The van der Waals surface area contributed by atoms with Crippen LogP contribution in [-0.2, 0) is 14.3 Å². The summed E-state index contributed by atoms with van der Waals surface area (Å²) in [6.07, 6.45) is 1.15. The highest BCUT2D eigenvalue weighted by atomic mass is 32.2. The molecule has 174 valence electrons. The van der Waals surface area contributed by atoms with E-state index in [0.29, 0.717) is 12.3 Å². The Morgan fingerprint density at radius 3 is 2.24 bits per heavy atom. The first-order valence-corrected chi connectivity index (χ1v) is 12.3. The van der Waals surface area contributed by atoms with E-state index in [-0.39, 0.29) is 30.1 Å². The Morgan fingerprint density at radius 2 is 1.67 bits per heavy atom. The summed E-state index contributed by atoms with van der Waals surface area (Å²) in [7, 11) is 0. The van der Waals surface area contributed by atoms with Crippen LogP contribution in [0, 0.1) is 5.92 Å². The lowest BCUT2D eigenvalue weighted by Gasteiger charge is -2.26. The number of carboxylic acid groups (broad SMARTS) is 1. The van der Waals surface area contributed by atoms with Gasteiger partial charge in [-0.3, -0.25) is 4.79 Å². The number of nitrogens with one attached hydrogen (secondary N) is 2. The molecule has 2 aliphatic carbocycles. The van der Waals surface area contributed by atoms with Gasteiger partial charge in [0.2, 0.25) is 5.91 Å². The summed E-state index contributed by atoms with van der Waals surface area (Å²) in [6, 6.07) is 16.3. The molecule has 3 N–H and O–H groups in total. The van der Waals surface area contributed by atoms with Gasteiger partial charge in [-0.1, -0.05) is 48.5 Å². The van der Waals surface area contributed by atoms with Crippen LogP contribution in [0.1, 0.15) is 36.8 Å². The Morgan fingerprint density at radius 1 is 1.06 bits per heavy atom. The molecule has 8 heteroatoms. The van der Waals surface area contributed by atoms with Crippen molar-refractivity contribution in [3.8, 4) is 11.1 Å². The van der Waals surface area contributed by atoms with Crippen LogP contribution in [-0.4, -0.2) is 53.3 Å². The zero-order valence-corrected chi connectivity index (χ0v) is 19.3. The molecule has 0 aliphatic heterocycles. The Kier molecular flexibility index (Phi) is 6.93. The van der Waals surface area contributed by atoms with E-state index in [1.807, 2.05) is 24.3 Å². The van der Waals surface area contributed by atoms with Crippen molar-refractivity contribution >= 4 is 29.7 Å². The Bertz CT molecular complexity index is 1010. The Balaban J connectivity index is 1.17. The molecule has 2 aromatic carbocycles. The van der Waals surface area contributed by atoms with Crippen LogP contribution in [0.3, 0.4) is 0 Å². The molecule has 0 heterocycles. The molecule has 2 amide bonds. The summed E-state index contributed by atoms with van der Waals surface area (Å²) in [5.41, 5.74) is 3.48. The van der Waals surface area contributed by atoms with Crippen LogP contribution in [0.4, 0.5) is 4.79 Å². The number of rotatable bonds is 10. The van der Waals surface area contributed by atoms with E-state index in [0.717, 1.165) is 24.0 Å². The van der Waals surface area contributed by atoms with Crippen molar-refractivity contribution in [2.24, 2.45) is 5.92 Å². The number of hydrogen-bond donors (Lipinski definition) is 3. The summed E-state index contributed by atoms with van der Waals surface area (Å²) in [4.78, 5) is 35.8. The van der Waals surface area contributed by atoms with Crippen molar-refractivity contribution in [3.05, 3.63) is 59.7 Å². The topological polar surface area (TPSA) is 105 Å². The molecular weight excluding hydrogens is 440 g/mol. The molecule has 7 nitrogen and oxygen atoms in total. The Labute approximate surface area is 197 Å². The number of amides is 2. The van der Waals surface area contributed by atoms with Gasteiger partial charge in [0.1, 0.15) is 12.1 Å². The van der Waals surface area contributed by atoms with Gasteiger partial charge < -0.3 is 20.5 Å². The summed E-state index contributed by atoms with van der Waals surface area (Å²) in [5.74, 6) is -0.638. The van der Waals surface area contributed by atoms with E-state index in [4.69, 9.17) is 4.74 Å². The Hall–Kier alpha value is -3.00. The molecule has 2 aliphatic rings. The second-order valence-electron chi connectivity index (χ2n) is 8.63. The standard InChI is InChI=1S/C25H28N2O5S/c1-25(23(29)30,16-10-11-16)27-22(28)15-33-13-12-26-24(31)32-14-21-19-8-4-2-6-17(19)18-7-3-5-9-20(18)21/h2-9,16,21H,10-15H2,1H3,(H,26,31)(H,27,28)(H,29,30). The van der Waals surface area contributed by atoms with Crippen LogP contribution < -0.4 is 10.6 Å². The molecule has 0 radical (unpaired) electrons. The lowest BCUT2D eigenvalue weighted by molar-refractivity contribution is -0.147. The van der Waals surface area contributed by atoms with E-state index in [1.54, 1.807) is 6.92 Å². The van der Waals surface area contributed by atoms with Gasteiger partial charge in [0, 0.05) is 18.2 Å². The number of alkyl carbamates (subject to hydrolysis) is 1. The van der Waals surface area contributed by atoms with Crippen molar-refractivity contribution in [1.29, 1.82) is 0 Å². The van der Waals surface area contributed by atoms with Crippen LogP contribution in [0.25, 0.3) is 11.1 Å². The zero-order valence-electron chi connectivity index (χ0n) is 18.5. The second-order valence-corrected chi connectivity index (χ2v) is 9.74. The maximum absolute atomic E-state index is 12.2. The highest BCUT2D eigenvalue weighted by molar-refractivity contribution is 7.99. The van der Waals surface area contributed by atoms with E-state index in [9.17, 15) is 19.5 Å². The minimum absolute atomic E-state index is 0.000755. The fraction of sp³-hybridized carbons (Fsp3) is 0.400. The zero-order chi connectivity index (χ0) is 23.4. The lowest BCUT2D eigenvalue weighted by Crippen LogP contribution is -2.54. The molecule has 0 aromatic heterocycles. The van der Waals surface area contributed by atoms with Crippen LogP contribution in [0.15, 0.2) is 48.5 Å². The van der Waals surface area contributed by atoms with Crippen LogP contribution in [0.2, 0.25) is 0 Å². The largest absolute Gasteiger partial charge is 0.480 e. The highest BCUT2D eigenvalue weighted by Crippen LogP contribution is 2.44. The van der Waals surface area contributed by atoms with Crippen molar-refractivity contribution in [2.75, 3.05) is 24.7 Å². The predicted octanol–water partition coefficient (Wildman–Crippen LogP) is 3.63. The van der Waals surface area contributed by atoms with E-state index < -0.39 is 17.6 Å². The second kappa shape index (κ2) is 9.87. The minimum atomic E-state index is -1.20. The van der Waals surface area contributed by atoms with Gasteiger partial charge in [-0.2, -0.15) is 11.8 Å². The average molecular weight is 469 g/mol. The first-order valence-electron chi connectivity index (χ1n) is 11.1. The van der Waals surface area contributed by atoms with E-state index in [2.05, 4.69) is 34.9 Å². The fourth-order valence-electron chi connectivity index (χ4n) is 4.36. The van der Waals surface area contributed by atoms with Gasteiger partial charge in [-0.05, 0) is 47.9 Å².